The number of hydrogen-bond acceptors (Lipinski definition) is 2. The SMILES string of the molecule is CCC(O)(c1ccc(-c2ccccc2)cc1)C(O)(CC)c1ccc(-c2ccccc2)cc1. The van der Waals surface area contributed by atoms with Crippen LogP contribution in [0, 0.1) is 0 Å². The minimum Gasteiger partial charge on any atom is -0.382 e. The van der Waals surface area contributed by atoms with Crippen LogP contribution in [0.3, 0.4) is 0 Å². The molecule has 2 N–H and O–H groups in total. The smallest absolute Gasteiger partial charge is 0.122 e. The summed E-state index contributed by atoms with van der Waals surface area (Å²) in [4.78, 5) is 0. The van der Waals surface area contributed by atoms with Crippen LogP contribution in [0.25, 0.3) is 22.3 Å². The zero-order valence-electron chi connectivity index (χ0n) is 18.7. The van der Waals surface area contributed by atoms with Gasteiger partial charge in [-0.1, -0.05) is 123 Å². The Balaban J connectivity index is 1.70. The van der Waals surface area contributed by atoms with Crippen molar-refractivity contribution in [1.82, 2.24) is 0 Å². The molecule has 32 heavy (non-hydrogen) atoms. The molecule has 0 heterocycles. The Morgan fingerprint density at radius 1 is 0.438 bits per heavy atom. The van der Waals surface area contributed by atoms with Crippen LogP contribution in [-0.2, 0) is 11.2 Å². The van der Waals surface area contributed by atoms with Gasteiger partial charge >= 0.3 is 0 Å². The molecule has 0 saturated carbocycles. The molecule has 4 aromatic rings. The Morgan fingerprint density at radius 2 is 0.719 bits per heavy atom. The lowest BCUT2D eigenvalue weighted by atomic mass is 9.70. The second kappa shape index (κ2) is 9.12. The zero-order valence-corrected chi connectivity index (χ0v) is 18.7. The lowest BCUT2D eigenvalue weighted by molar-refractivity contribution is -0.169. The van der Waals surface area contributed by atoms with Gasteiger partial charge in [-0.05, 0) is 46.2 Å². The molecule has 0 amide bonds. The van der Waals surface area contributed by atoms with Gasteiger partial charge in [0.25, 0.3) is 0 Å². The molecule has 2 nitrogen and oxygen atoms in total. The van der Waals surface area contributed by atoms with Crippen LogP contribution < -0.4 is 0 Å². The van der Waals surface area contributed by atoms with Crippen molar-refractivity contribution in [3.8, 4) is 22.3 Å². The largest absolute Gasteiger partial charge is 0.382 e. The quantitative estimate of drug-likeness (QED) is 0.339. The van der Waals surface area contributed by atoms with E-state index in [2.05, 4.69) is 24.3 Å². The first-order chi connectivity index (χ1) is 15.5. The highest BCUT2D eigenvalue weighted by Crippen LogP contribution is 2.46. The predicted octanol–water partition coefficient (Wildman–Crippen LogP) is 6.92. The first kappa shape index (κ1) is 22.0. The molecular formula is C30H30O2. The summed E-state index contributed by atoms with van der Waals surface area (Å²) in [5.74, 6) is 0. The Bertz CT molecular complexity index is 1040. The minimum absolute atomic E-state index is 0.391. The van der Waals surface area contributed by atoms with Crippen LogP contribution in [0.4, 0.5) is 0 Å². The molecule has 4 rings (SSSR count). The number of aliphatic hydroxyl groups is 2. The summed E-state index contributed by atoms with van der Waals surface area (Å²) in [5.41, 5.74) is 3.03. The van der Waals surface area contributed by atoms with Gasteiger partial charge < -0.3 is 10.2 Å². The Hall–Kier alpha value is -3.20. The summed E-state index contributed by atoms with van der Waals surface area (Å²) < 4.78 is 0. The van der Waals surface area contributed by atoms with E-state index >= 15 is 0 Å². The molecule has 0 aliphatic carbocycles. The van der Waals surface area contributed by atoms with Crippen molar-refractivity contribution < 1.29 is 10.2 Å². The average Bonchev–Trinajstić information content (AvgIpc) is 2.89. The highest BCUT2D eigenvalue weighted by molar-refractivity contribution is 5.65. The third-order valence-electron chi connectivity index (χ3n) is 6.65. The second-order valence-corrected chi connectivity index (χ2v) is 8.31. The molecule has 162 valence electrons. The van der Waals surface area contributed by atoms with Crippen LogP contribution in [0.1, 0.15) is 37.8 Å². The average molecular weight is 423 g/mol. The molecule has 4 aromatic carbocycles. The van der Waals surface area contributed by atoms with E-state index in [0.29, 0.717) is 12.8 Å². The molecule has 0 aromatic heterocycles. The van der Waals surface area contributed by atoms with Crippen molar-refractivity contribution in [2.45, 2.75) is 37.9 Å². The van der Waals surface area contributed by atoms with E-state index in [4.69, 9.17) is 0 Å². The van der Waals surface area contributed by atoms with Crippen LogP contribution in [0.15, 0.2) is 109 Å². The second-order valence-electron chi connectivity index (χ2n) is 8.31. The maximum atomic E-state index is 11.9. The van der Waals surface area contributed by atoms with Crippen molar-refractivity contribution in [3.05, 3.63) is 120 Å². The molecule has 0 bridgehead atoms. The molecule has 2 atom stereocenters. The van der Waals surface area contributed by atoms with E-state index in [1.54, 1.807) is 0 Å². The third-order valence-corrected chi connectivity index (χ3v) is 6.65. The van der Waals surface area contributed by atoms with E-state index < -0.39 is 11.2 Å². The Kier molecular flexibility index (Phi) is 6.27. The fourth-order valence-electron chi connectivity index (χ4n) is 4.61. The number of benzene rings is 4. The molecule has 2 unspecified atom stereocenters. The van der Waals surface area contributed by atoms with Gasteiger partial charge in [0.15, 0.2) is 0 Å². The van der Waals surface area contributed by atoms with Crippen LogP contribution >= 0.6 is 0 Å². The summed E-state index contributed by atoms with van der Waals surface area (Å²) in [6.07, 6.45) is 0.783. The van der Waals surface area contributed by atoms with Crippen LogP contribution in [0.5, 0.6) is 0 Å². The van der Waals surface area contributed by atoms with Crippen molar-refractivity contribution in [2.75, 3.05) is 0 Å². The molecule has 0 aliphatic rings. The summed E-state index contributed by atoms with van der Waals surface area (Å²) in [6, 6.07) is 36.1. The van der Waals surface area contributed by atoms with E-state index in [9.17, 15) is 10.2 Å². The van der Waals surface area contributed by atoms with Gasteiger partial charge in [0.2, 0.25) is 0 Å². The fourth-order valence-corrected chi connectivity index (χ4v) is 4.61. The molecule has 0 saturated heterocycles. The Labute approximate surface area is 190 Å². The molecular weight excluding hydrogens is 392 g/mol. The molecule has 0 fully saturated rings. The summed E-state index contributed by atoms with van der Waals surface area (Å²) in [7, 11) is 0. The van der Waals surface area contributed by atoms with E-state index in [0.717, 1.165) is 33.4 Å². The van der Waals surface area contributed by atoms with Gasteiger partial charge in [-0.3, -0.25) is 0 Å². The standard InChI is InChI=1S/C30H30O2/c1-3-29(31,27-19-15-25(16-20-27)23-11-7-5-8-12-23)30(32,4-2)28-21-17-26(18-22-28)24-13-9-6-10-14-24/h5-22,31-32H,3-4H2,1-2H3. The van der Waals surface area contributed by atoms with Crippen molar-refractivity contribution >= 4 is 0 Å². The predicted molar refractivity (Wildman–Crippen MR) is 132 cm³/mol. The molecule has 0 radical (unpaired) electrons. The highest BCUT2D eigenvalue weighted by atomic mass is 16.4. The van der Waals surface area contributed by atoms with Gasteiger partial charge in [0.1, 0.15) is 11.2 Å². The van der Waals surface area contributed by atoms with Gasteiger partial charge in [-0.2, -0.15) is 0 Å². The van der Waals surface area contributed by atoms with E-state index in [1.807, 2.05) is 98.8 Å². The topological polar surface area (TPSA) is 40.5 Å². The van der Waals surface area contributed by atoms with Crippen molar-refractivity contribution in [1.29, 1.82) is 0 Å². The summed E-state index contributed by atoms with van der Waals surface area (Å²) in [6.45, 7) is 3.84. The molecule has 0 aliphatic heterocycles. The molecule has 0 spiro atoms. The van der Waals surface area contributed by atoms with Gasteiger partial charge in [0.05, 0.1) is 0 Å². The summed E-state index contributed by atoms with van der Waals surface area (Å²) in [5, 5.41) is 23.7. The fraction of sp³-hybridized carbons (Fsp3) is 0.200. The third kappa shape index (κ3) is 3.88. The summed E-state index contributed by atoms with van der Waals surface area (Å²) >= 11 is 0. The number of hydrogen-bond donors (Lipinski definition) is 2. The van der Waals surface area contributed by atoms with Crippen LogP contribution in [-0.4, -0.2) is 10.2 Å². The maximum Gasteiger partial charge on any atom is 0.122 e. The zero-order chi connectivity index (χ0) is 22.6. The Morgan fingerprint density at radius 3 is 1.00 bits per heavy atom. The first-order valence-electron chi connectivity index (χ1n) is 11.3. The normalized spacial score (nSPS) is 15.0. The van der Waals surface area contributed by atoms with Gasteiger partial charge in [-0.25, -0.2) is 0 Å². The lowest BCUT2D eigenvalue weighted by Crippen LogP contribution is -2.48. The monoisotopic (exact) mass is 422 g/mol. The molecule has 2 heteroatoms. The van der Waals surface area contributed by atoms with E-state index in [-0.39, 0.29) is 0 Å². The lowest BCUT2D eigenvalue weighted by Gasteiger charge is -2.44. The van der Waals surface area contributed by atoms with E-state index in [1.165, 1.54) is 0 Å². The van der Waals surface area contributed by atoms with Gasteiger partial charge in [0, 0.05) is 0 Å². The van der Waals surface area contributed by atoms with Gasteiger partial charge in [-0.15, -0.1) is 0 Å². The van der Waals surface area contributed by atoms with Crippen molar-refractivity contribution in [2.24, 2.45) is 0 Å². The van der Waals surface area contributed by atoms with Crippen LogP contribution in [0.2, 0.25) is 0 Å². The highest BCUT2D eigenvalue weighted by Gasteiger charge is 2.49. The minimum atomic E-state index is -1.41. The van der Waals surface area contributed by atoms with Crippen molar-refractivity contribution in [3.63, 3.8) is 0 Å². The number of rotatable bonds is 7. The first-order valence-corrected chi connectivity index (χ1v) is 11.3. The maximum absolute atomic E-state index is 11.9.